The molecule has 2 N–H and O–H groups in total. The maximum Gasteiger partial charge on any atom is 0.333 e. The predicted octanol–water partition coefficient (Wildman–Crippen LogP) is 2.29. The van der Waals surface area contributed by atoms with E-state index in [9.17, 15) is 8.42 Å². The van der Waals surface area contributed by atoms with Crippen molar-refractivity contribution in [1.29, 1.82) is 0 Å². The summed E-state index contributed by atoms with van der Waals surface area (Å²) >= 11 is 6.24. The molecule has 8 heteroatoms. The topological polar surface area (TPSA) is 87.9 Å². The Kier molecular flexibility index (Phi) is 4.46. The molecule has 0 unspecified atom stereocenters. The number of hydrogen-bond acceptors (Lipinski definition) is 5. The number of rotatable bonds is 4. The first kappa shape index (κ1) is 16.2. The van der Waals surface area contributed by atoms with Crippen LogP contribution in [0.1, 0.15) is 37.4 Å². The van der Waals surface area contributed by atoms with Crippen LogP contribution >= 0.6 is 11.6 Å². The first-order valence-corrected chi connectivity index (χ1v) is 9.01. The summed E-state index contributed by atoms with van der Waals surface area (Å²) in [5.74, 6) is -0.670. The van der Waals surface area contributed by atoms with Crippen molar-refractivity contribution < 1.29 is 22.1 Å². The Bertz CT molecular complexity index is 644. The van der Waals surface area contributed by atoms with Crippen LogP contribution in [0, 0.1) is 0 Å². The second-order valence-corrected chi connectivity index (χ2v) is 7.24. The lowest BCUT2D eigenvalue weighted by Crippen LogP contribution is -2.29. The van der Waals surface area contributed by atoms with Gasteiger partial charge in [0, 0.05) is 23.4 Å². The van der Waals surface area contributed by atoms with Gasteiger partial charge in [0.2, 0.25) is 0 Å². The van der Waals surface area contributed by atoms with E-state index in [2.05, 4.69) is 0 Å². The Labute approximate surface area is 134 Å². The van der Waals surface area contributed by atoms with Crippen molar-refractivity contribution in [2.24, 2.45) is 5.14 Å². The zero-order valence-corrected chi connectivity index (χ0v) is 13.5. The van der Waals surface area contributed by atoms with E-state index >= 15 is 0 Å². The lowest BCUT2D eigenvalue weighted by molar-refractivity contribution is -0.171. The van der Waals surface area contributed by atoms with E-state index in [-0.39, 0.29) is 6.61 Å². The van der Waals surface area contributed by atoms with E-state index < -0.39 is 28.3 Å². The number of ether oxygens (including phenoxy) is 2. The molecule has 1 aliphatic carbocycles. The third kappa shape index (κ3) is 3.45. The summed E-state index contributed by atoms with van der Waals surface area (Å²) in [7, 11) is -4.03. The van der Waals surface area contributed by atoms with E-state index in [0.29, 0.717) is 5.02 Å². The molecule has 1 aromatic carbocycles. The summed E-state index contributed by atoms with van der Waals surface area (Å²) in [6.45, 7) is -0.198. The Hall–Kier alpha value is -0.700. The van der Waals surface area contributed by atoms with Crippen molar-refractivity contribution in [2.75, 3.05) is 6.61 Å². The fourth-order valence-electron chi connectivity index (χ4n) is 3.08. The minimum absolute atomic E-state index is 0.198. The van der Waals surface area contributed by atoms with E-state index in [4.69, 9.17) is 30.4 Å². The molecule has 2 fully saturated rings. The normalized spacial score (nSPS) is 27.5. The Balaban J connectivity index is 1.85. The van der Waals surface area contributed by atoms with E-state index in [1.807, 2.05) is 18.2 Å². The summed E-state index contributed by atoms with van der Waals surface area (Å²) in [4.78, 5) is 0. The van der Waals surface area contributed by atoms with Crippen LogP contribution in [0.4, 0.5) is 0 Å². The summed E-state index contributed by atoms with van der Waals surface area (Å²) in [5.41, 5.74) is 0.760. The molecule has 6 nitrogen and oxygen atoms in total. The van der Waals surface area contributed by atoms with Crippen LogP contribution in [-0.2, 0) is 24.0 Å². The smallest absolute Gasteiger partial charge is 0.333 e. The largest absolute Gasteiger partial charge is 0.341 e. The monoisotopic (exact) mass is 347 g/mol. The summed E-state index contributed by atoms with van der Waals surface area (Å²) < 4.78 is 38.9. The highest BCUT2D eigenvalue weighted by Crippen LogP contribution is 2.48. The number of nitrogens with two attached hydrogens (primary N) is 1. The van der Waals surface area contributed by atoms with Crippen LogP contribution in [0.15, 0.2) is 24.3 Å². The molecular formula is C14H18ClNO5S. The van der Waals surface area contributed by atoms with E-state index in [1.165, 1.54) is 0 Å². The lowest BCUT2D eigenvalue weighted by Gasteiger charge is -2.22. The molecule has 1 saturated carbocycles. The third-order valence-corrected chi connectivity index (χ3v) is 4.83. The highest BCUT2D eigenvalue weighted by atomic mass is 35.5. The van der Waals surface area contributed by atoms with Crippen LogP contribution in [0.2, 0.25) is 5.02 Å². The molecule has 122 valence electrons. The maximum atomic E-state index is 11.0. The summed E-state index contributed by atoms with van der Waals surface area (Å²) in [5, 5.41) is 5.45. The molecule has 0 amide bonds. The Morgan fingerprint density at radius 3 is 2.59 bits per heavy atom. The average Bonchev–Trinajstić information content (AvgIpc) is 3.04. The van der Waals surface area contributed by atoms with Crippen molar-refractivity contribution in [3.05, 3.63) is 34.9 Å². The molecule has 2 atom stereocenters. The zero-order valence-electron chi connectivity index (χ0n) is 11.9. The number of halogens is 1. The van der Waals surface area contributed by atoms with Crippen molar-refractivity contribution in [1.82, 2.24) is 0 Å². The van der Waals surface area contributed by atoms with Gasteiger partial charge >= 0.3 is 10.3 Å². The fourth-order valence-corrected chi connectivity index (χ4v) is 3.64. The molecule has 0 radical (unpaired) electrons. The van der Waals surface area contributed by atoms with E-state index in [1.54, 1.807) is 6.07 Å². The van der Waals surface area contributed by atoms with Gasteiger partial charge in [-0.05, 0) is 18.9 Å². The van der Waals surface area contributed by atoms with Crippen LogP contribution in [0.5, 0.6) is 0 Å². The van der Waals surface area contributed by atoms with Crippen molar-refractivity contribution in [3.8, 4) is 0 Å². The van der Waals surface area contributed by atoms with Gasteiger partial charge in [-0.3, -0.25) is 4.18 Å². The molecule has 0 aromatic heterocycles. The van der Waals surface area contributed by atoms with Gasteiger partial charge in [0.05, 0.1) is 6.61 Å². The van der Waals surface area contributed by atoms with Gasteiger partial charge in [0.1, 0.15) is 12.2 Å². The van der Waals surface area contributed by atoms with Crippen LogP contribution < -0.4 is 5.14 Å². The van der Waals surface area contributed by atoms with Crippen LogP contribution in [0.3, 0.4) is 0 Å². The first-order chi connectivity index (χ1) is 10.4. The molecule has 2 aliphatic rings. The SMILES string of the molecule is NS(=O)(=O)OC[C@@H]1OC2(CCCC2)O[C@H]1c1ccccc1Cl. The van der Waals surface area contributed by atoms with Gasteiger partial charge in [0.15, 0.2) is 5.79 Å². The lowest BCUT2D eigenvalue weighted by atomic mass is 10.1. The third-order valence-electron chi connectivity index (χ3n) is 4.02. The Morgan fingerprint density at radius 2 is 1.95 bits per heavy atom. The van der Waals surface area contributed by atoms with Gasteiger partial charge in [-0.25, -0.2) is 5.14 Å². The molecule has 1 heterocycles. The number of hydrogen-bond donors (Lipinski definition) is 1. The zero-order chi connectivity index (χ0) is 15.8. The second kappa shape index (κ2) is 6.07. The van der Waals surface area contributed by atoms with Gasteiger partial charge < -0.3 is 9.47 Å². The van der Waals surface area contributed by atoms with Crippen molar-refractivity contribution >= 4 is 21.9 Å². The second-order valence-electron chi connectivity index (χ2n) is 5.61. The minimum atomic E-state index is -4.03. The molecule has 1 saturated heterocycles. The molecule has 22 heavy (non-hydrogen) atoms. The van der Waals surface area contributed by atoms with Gasteiger partial charge in [-0.15, -0.1) is 0 Å². The molecule has 3 rings (SSSR count). The predicted molar refractivity (Wildman–Crippen MR) is 80.4 cm³/mol. The average molecular weight is 348 g/mol. The minimum Gasteiger partial charge on any atom is -0.341 e. The van der Waals surface area contributed by atoms with Crippen LogP contribution in [-0.4, -0.2) is 26.9 Å². The standard InChI is InChI=1S/C14H18ClNO5S/c15-11-6-2-1-5-10(11)13-12(9-19-22(16,17)18)20-14(21-13)7-3-4-8-14/h1-2,5-6,12-13H,3-4,7-9H2,(H2,16,17,18)/t12-,13-/m0/s1. The Morgan fingerprint density at radius 1 is 1.27 bits per heavy atom. The van der Waals surface area contributed by atoms with E-state index in [0.717, 1.165) is 31.2 Å². The van der Waals surface area contributed by atoms with Crippen molar-refractivity contribution in [2.45, 2.75) is 43.7 Å². The highest BCUT2D eigenvalue weighted by Gasteiger charge is 2.50. The molecule has 0 bridgehead atoms. The summed E-state index contributed by atoms with van der Waals surface area (Å²) in [6, 6.07) is 7.27. The van der Waals surface area contributed by atoms with Gasteiger partial charge in [-0.2, -0.15) is 8.42 Å². The maximum absolute atomic E-state index is 11.0. The van der Waals surface area contributed by atoms with Gasteiger partial charge in [0.25, 0.3) is 0 Å². The fraction of sp³-hybridized carbons (Fsp3) is 0.571. The molecular weight excluding hydrogens is 330 g/mol. The summed E-state index contributed by atoms with van der Waals surface area (Å²) in [6.07, 6.45) is 2.53. The molecule has 1 aliphatic heterocycles. The molecule has 1 spiro atoms. The first-order valence-electron chi connectivity index (χ1n) is 7.16. The van der Waals surface area contributed by atoms with Crippen LogP contribution in [0.25, 0.3) is 0 Å². The highest BCUT2D eigenvalue weighted by molar-refractivity contribution is 7.84. The van der Waals surface area contributed by atoms with Gasteiger partial charge in [-0.1, -0.05) is 29.8 Å². The molecule has 1 aromatic rings. The quantitative estimate of drug-likeness (QED) is 0.902. The van der Waals surface area contributed by atoms with Crippen molar-refractivity contribution in [3.63, 3.8) is 0 Å². The number of benzene rings is 1.